The number of amides is 1. The van der Waals surface area contributed by atoms with Crippen LogP contribution in [0.3, 0.4) is 0 Å². The van der Waals surface area contributed by atoms with E-state index in [-0.39, 0.29) is 18.2 Å². The highest BCUT2D eigenvalue weighted by Gasteiger charge is 2.22. The van der Waals surface area contributed by atoms with Crippen LogP contribution >= 0.6 is 0 Å². The molecule has 10 heteroatoms. The molecule has 1 aromatic carbocycles. The normalized spacial score (nSPS) is 13.2. The number of hydrogen-bond acceptors (Lipinski definition) is 7. The van der Waals surface area contributed by atoms with Crippen LogP contribution < -0.4 is 14.8 Å². The van der Waals surface area contributed by atoms with E-state index in [4.69, 9.17) is 14.2 Å². The topological polar surface area (TPSA) is 133 Å². The van der Waals surface area contributed by atoms with E-state index in [1.54, 1.807) is 18.2 Å². The minimum absolute atomic E-state index is 0.114. The van der Waals surface area contributed by atoms with Crippen molar-refractivity contribution >= 4 is 23.3 Å². The second-order valence-electron chi connectivity index (χ2n) is 5.13. The van der Waals surface area contributed by atoms with Gasteiger partial charge in [-0.05, 0) is 19.1 Å². The highest BCUT2D eigenvalue weighted by molar-refractivity contribution is 5.97. The van der Waals surface area contributed by atoms with Gasteiger partial charge in [0.2, 0.25) is 6.79 Å². The average molecular weight is 347 g/mol. The van der Waals surface area contributed by atoms with Crippen molar-refractivity contribution < 1.29 is 28.7 Å². The first-order valence-electron chi connectivity index (χ1n) is 7.18. The fourth-order valence-corrected chi connectivity index (χ4v) is 2.10. The van der Waals surface area contributed by atoms with Crippen LogP contribution in [0, 0.1) is 10.1 Å². The van der Waals surface area contributed by atoms with Crippen LogP contribution in [0.15, 0.2) is 30.5 Å². The maximum atomic E-state index is 12.1. The van der Waals surface area contributed by atoms with Gasteiger partial charge in [-0.25, -0.2) is 4.79 Å². The Kier molecular flexibility index (Phi) is 4.25. The van der Waals surface area contributed by atoms with Gasteiger partial charge in [0, 0.05) is 17.8 Å². The molecule has 1 aliphatic heterocycles. The van der Waals surface area contributed by atoms with Crippen molar-refractivity contribution in [1.82, 2.24) is 4.98 Å². The Balaban J connectivity index is 1.60. The van der Waals surface area contributed by atoms with E-state index >= 15 is 0 Å². The molecule has 130 valence electrons. The van der Waals surface area contributed by atoms with Crippen LogP contribution in [-0.2, 0) is 9.53 Å². The summed E-state index contributed by atoms with van der Waals surface area (Å²) in [6.45, 7) is 1.50. The predicted molar refractivity (Wildman–Crippen MR) is 83.5 cm³/mol. The van der Waals surface area contributed by atoms with Gasteiger partial charge in [0.15, 0.2) is 17.6 Å². The number of benzene rings is 1. The van der Waals surface area contributed by atoms with Crippen LogP contribution in [0.5, 0.6) is 11.5 Å². The summed E-state index contributed by atoms with van der Waals surface area (Å²) in [5.74, 6) is -0.360. The third kappa shape index (κ3) is 3.52. The third-order valence-electron chi connectivity index (χ3n) is 3.39. The summed E-state index contributed by atoms with van der Waals surface area (Å²) >= 11 is 0. The molecule has 1 atom stereocenters. The van der Waals surface area contributed by atoms with Crippen molar-refractivity contribution in [3.8, 4) is 11.5 Å². The van der Waals surface area contributed by atoms with E-state index < -0.39 is 22.9 Å². The molecule has 0 radical (unpaired) electrons. The van der Waals surface area contributed by atoms with Gasteiger partial charge in [0.25, 0.3) is 11.6 Å². The number of fused-ring (bicyclic) bond motifs is 1. The Labute approximate surface area is 140 Å². The summed E-state index contributed by atoms with van der Waals surface area (Å²) in [6.07, 6.45) is -0.0474. The Hall–Kier alpha value is -3.56. The minimum atomic E-state index is -1.11. The number of esters is 1. The number of hydrogen-bond donors (Lipinski definition) is 2. The van der Waals surface area contributed by atoms with Gasteiger partial charge in [-0.2, -0.15) is 0 Å². The molecule has 2 heterocycles. The summed E-state index contributed by atoms with van der Waals surface area (Å²) in [5, 5.41) is 13.2. The Morgan fingerprint density at radius 3 is 2.80 bits per heavy atom. The fraction of sp³-hybridized carbons (Fsp3) is 0.200. The molecular formula is C15H13N3O7. The highest BCUT2D eigenvalue weighted by atomic mass is 16.7. The molecule has 0 fully saturated rings. The molecule has 1 aromatic heterocycles. The zero-order chi connectivity index (χ0) is 18.0. The Bertz CT molecular complexity index is 845. The molecule has 0 unspecified atom stereocenters. The SMILES string of the molecule is C[C@@H](OC(=O)c1cc([N+](=O)[O-])c[nH]1)C(=O)Nc1ccc2c(c1)OCO2. The molecule has 0 spiro atoms. The smallest absolute Gasteiger partial charge is 0.355 e. The molecule has 1 amide bonds. The van der Waals surface area contributed by atoms with Crippen molar-refractivity contribution in [2.75, 3.05) is 12.1 Å². The second kappa shape index (κ2) is 6.51. The van der Waals surface area contributed by atoms with E-state index in [2.05, 4.69) is 10.3 Å². The van der Waals surface area contributed by atoms with Crippen molar-refractivity contribution in [1.29, 1.82) is 0 Å². The number of carbonyl (C=O) groups excluding carboxylic acids is 2. The largest absolute Gasteiger partial charge is 0.454 e. The number of H-pyrrole nitrogens is 1. The first kappa shape index (κ1) is 16.3. The number of anilines is 1. The fourth-order valence-electron chi connectivity index (χ4n) is 2.10. The summed E-state index contributed by atoms with van der Waals surface area (Å²) < 4.78 is 15.4. The lowest BCUT2D eigenvalue weighted by molar-refractivity contribution is -0.384. The van der Waals surface area contributed by atoms with Crippen molar-refractivity contribution in [2.24, 2.45) is 0 Å². The lowest BCUT2D eigenvalue weighted by Crippen LogP contribution is -2.30. The maximum Gasteiger partial charge on any atom is 0.355 e. The predicted octanol–water partition coefficient (Wildman–Crippen LogP) is 1.84. The molecule has 2 aromatic rings. The second-order valence-corrected chi connectivity index (χ2v) is 5.13. The van der Waals surface area contributed by atoms with Gasteiger partial charge >= 0.3 is 5.97 Å². The molecule has 2 N–H and O–H groups in total. The molecular weight excluding hydrogens is 334 g/mol. The van der Waals surface area contributed by atoms with Gasteiger partial charge in [0.05, 0.1) is 11.1 Å². The van der Waals surface area contributed by atoms with Gasteiger partial charge < -0.3 is 24.5 Å². The quantitative estimate of drug-likeness (QED) is 0.479. The standard InChI is InChI=1S/C15H13N3O7/c1-8(25-15(20)11-5-10(6-16-11)18(21)22)14(19)17-9-2-3-12-13(4-9)24-7-23-12/h2-6,8,16H,7H2,1H3,(H,17,19)/t8-/m1/s1. The number of nitrogens with zero attached hydrogens (tertiary/aromatic N) is 1. The highest BCUT2D eigenvalue weighted by Crippen LogP contribution is 2.34. The van der Waals surface area contributed by atoms with Crippen LogP contribution in [0.1, 0.15) is 17.4 Å². The molecule has 0 saturated carbocycles. The van der Waals surface area contributed by atoms with Crippen molar-refractivity contribution in [3.63, 3.8) is 0 Å². The lowest BCUT2D eigenvalue weighted by atomic mass is 10.2. The zero-order valence-corrected chi connectivity index (χ0v) is 13.0. The third-order valence-corrected chi connectivity index (χ3v) is 3.39. The first-order chi connectivity index (χ1) is 11.9. The van der Waals surface area contributed by atoms with Crippen LogP contribution in [0.25, 0.3) is 0 Å². The summed E-state index contributed by atoms with van der Waals surface area (Å²) in [5.41, 5.74) is 0.0616. The molecule has 0 bridgehead atoms. The van der Waals surface area contributed by atoms with E-state index in [1.807, 2.05) is 0 Å². The van der Waals surface area contributed by atoms with Crippen LogP contribution in [-0.4, -0.2) is 34.7 Å². The average Bonchev–Trinajstić information content (AvgIpc) is 3.23. The number of ether oxygens (including phenoxy) is 3. The van der Waals surface area contributed by atoms with Crippen molar-refractivity contribution in [2.45, 2.75) is 13.0 Å². The van der Waals surface area contributed by atoms with Gasteiger partial charge in [0.1, 0.15) is 5.69 Å². The maximum absolute atomic E-state index is 12.1. The van der Waals surface area contributed by atoms with Crippen molar-refractivity contribution in [3.05, 3.63) is 46.3 Å². The van der Waals surface area contributed by atoms with E-state index in [0.717, 1.165) is 12.3 Å². The number of nitro groups is 1. The number of rotatable bonds is 5. The number of aromatic nitrogens is 1. The van der Waals surface area contributed by atoms with Gasteiger partial charge in [-0.1, -0.05) is 0 Å². The van der Waals surface area contributed by atoms with E-state index in [0.29, 0.717) is 17.2 Å². The van der Waals surface area contributed by atoms with Gasteiger partial charge in [-0.3, -0.25) is 14.9 Å². The number of carbonyl (C=O) groups is 2. The molecule has 0 saturated heterocycles. The molecule has 25 heavy (non-hydrogen) atoms. The number of aromatic amines is 1. The van der Waals surface area contributed by atoms with Crippen LogP contribution in [0.4, 0.5) is 11.4 Å². The van der Waals surface area contributed by atoms with E-state index in [1.165, 1.54) is 6.92 Å². The van der Waals surface area contributed by atoms with E-state index in [9.17, 15) is 19.7 Å². The zero-order valence-electron chi connectivity index (χ0n) is 13.0. The molecule has 10 nitrogen and oxygen atoms in total. The first-order valence-corrected chi connectivity index (χ1v) is 7.18. The number of nitrogens with one attached hydrogen (secondary N) is 2. The molecule has 1 aliphatic rings. The summed E-state index contributed by atoms with van der Waals surface area (Å²) in [7, 11) is 0. The van der Waals surface area contributed by atoms with Crippen LogP contribution in [0.2, 0.25) is 0 Å². The monoisotopic (exact) mass is 347 g/mol. The Morgan fingerprint density at radius 2 is 2.08 bits per heavy atom. The summed E-state index contributed by atoms with van der Waals surface area (Å²) in [4.78, 5) is 36.4. The minimum Gasteiger partial charge on any atom is -0.454 e. The van der Waals surface area contributed by atoms with Gasteiger partial charge in [-0.15, -0.1) is 0 Å². The Morgan fingerprint density at radius 1 is 1.32 bits per heavy atom. The molecule has 3 rings (SSSR count). The summed E-state index contributed by atoms with van der Waals surface area (Å²) in [6, 6.07) is 5.88. The molecule has 0 aliphatic carbocycles. The lowest BCUT2D eigenvalue weighted by Gasteiger charge is -2.13.